The van der Waals surface area contributed by atoms with E-state index in [-0.39, 0.29) is 5.91 Å². The van der Waals surface area contributed by atoms with Gasteiger partial charge in [-0.25, -0.2) is 4.98 Å². The van der Waals surface area contributed by atoms with Crippen molar-refractivity contribution in [3.05, 3.63) is 64.9 Å². The average Bonchev–Trinajstić information content (AvgIpc) is 3.15. The van der Waals surface area contributed by atoms with Gasteiger partial charge in [-0.3, -0.25) is 4.79 Å². The molecule has 0 aliphatic carbocycles. The molecule has 0 unspecified atom stereocenters. The Labute approximate surface area is 132 Å². The molecule has 2 aromatic heterocycles. The Morgan fingerprint density at radius 3 is 2.95 bits per heavy atom. The smallest absolute Gasteiger partial charge is 0.255 e. The average molecular weight is 316 g/mol. The molecular weight excluding hydrogens is 302 g/mol. The first-order valence-corrected chi connectivity index (χ1v) is 7.14. The van der Waals surface area contributed by atoms with Crippen molar-refractivity contribution in [3.63, 3.8) is 0 Å². The van der Waals surface area contributed by atoms with Gasteiger partial charge < -0.3 is 14.7 Å². The quantitative estimate of drug-likeness (QED) is 0.773. The highest BCUT2D eigenvalue weighted by atomic mass is 35.5. The molecule has 0 atom stereocenters. The van der Waals surface area contributed by atoms with Crippen molar-refractivity contribution in [1.29, 1.82) is 0 Å². The number of nitrogens with zero attached hydrogens (tertiary/aromatic N) is 1. The second kappa shape index (κ2) is 6.07. The molecule has 0 fully saturated rings. The summed E-state index contributed by atoms with van der Waals surface area (Å²) in [6, 6.07) is 9.05. The number of aromatic nitrogens is 2. The maximum atomic E-state index is 12.2. The molecular formula is C16H14ClN3O2. The number of nitrogens with one attached hydrogen (secondary N) is 2. The van der Waals surface area contributed by atoms with E-state index in [1.807, 2.05) is 18.2 Å². The molecule has 3 aromatic rings. The van der Waals surface area contributed by atoms with Crippen LogP contribution in [0.15, 0.2) is 47.1 Å². The van der Waals surface area contributed by atoms with Gasteiger partial charge in [0.25, 0.3) is 5.91 Å². The van der Waals surface area contributed by atoms with E-state index in [4.69, 9.17) is 16.0 Å². The molecule has 0 spiro atoms. The van der Waals surface area contributed by atoms with Gasteiger partial charge in [0.05, 0.1) is 17.1 Å². The van der Waals surface area contributed by atoms with E-state index >= 15 is 0 Å². The Bertz CT molecular complexity index is 794. The van der Waals surface area contributed by atoms with Crippen molar-refractivity contribution in [2.75, 3.05) is 0 Å². The standard InChI is InChI=1S/C16H14ClN3O2/c1-10-12(16(21)20-9-15-18-6-7-19-15)8-14(22-10)11-4-2-3-5-13(11)17/h2-8H,9H2,1H3,(H,18,19)(H,20,21). The fourth-order valence-electron chi connectivity index (χ4n) is 2.16. The summed E-state index contributed by atoms with van der Waals surface area (Å²) in [5.74, 6) is 1.61. The molecule has 0 aliphatic heterocycles. The Balaban J connectivity index is 1.80. The lowest BCUT2D eigenvalue weighted by Gasteiger charge is -2.01. The molecule has 6 heteroatoms. The predicted molar refractivity (Wildman–Crippen MR) is 83.6 cm³/mol. The Morgan fingerprint density at radius 2 is 2.23 bits per heavy atom. The third-order valence-electron chi connectivity index (χ3n) is 3.27. The van der Waals surface area contributed by atoms with Crippen LogP contribution in [0.1, 0.15) is 21.9 Å². The van der Waals surface area contributed by atoms with Crippen molar-refractivity contribution in [1.82, 2.24) is 15.3 Å². The Kier molecular flexibility index (Phi) is 3.98. The topological polar surface area (TPSA) is 70.9 Å². The fourth-order valence-corrected chi connectivity index (χ4v) is 2.38. The third kappa shape index (κ3) is 2.89. The van der Waals surface area contributed by atoms with Crippen molar-refractivity contribution >= 4 is 17.5 Å². The summed E-state index contributed by atoms with van der Waals surface area (Å²) < 4.78 is 5.67. The number of aryl methyl sites for hydroxylation is 1. The number of benzene rings is 1. The zero-order chi connectivity index (χ0) is 15.5. The lowest BCUT2D eigenvalue weighted by Crippen LogP contribution is -2.23. The van der Waals surface area contributed by atoms with E-state index in [0.717, 1.165) is 5.56 Å². The van der Waals surface area contributed by atoms with Crippen LogP contribution in [-0.2, 0) is 6.54 Å². The lowest BCUT2D eigenvalue weighted by atomic mass is 10.1. The predicted octanol–water partition coefficient (Wildman–Crippen LogP) is 3.56. The summed E-state index contributed by atoms with van der Waals surface area (Å²) >= 11 is 6.16. The van der Waals surface area contributed by atoms with Gasteiger partial charge in [0.2, 0.25) is 0 Å². The Morgan fingerprint density at radius 1 is 1.41 bits per heavy atom. The van der Waals surface area contributed by atoms with Crippen LogP contribution >= 0.6 is 11.6 Å². The first-order chi connectivity index (χ1) is 10.6. The van der Waals surface area contributed by atoms with Gasteiger partial charge >= 0.3 is 0 Å². The zero-order valence-corrected chi connectivity index (χ0v) is 12.6. The number of aromatic amines is 1. The van der Waals surface area contributed by atoms with Crippen LogP contribution in [0.3, 0.4) is 0 Å². The molecule has 2 heterocycles. The summed E-state index contributed by atoms with van der Waals surface area (Å²) in [4.78, 5) is 19.2. The van der Waals surface area contributed by atoms with Crippen molar-refractivity contribution in [3.8, 4) is 11.3 Å². The minimum Gasteiger partial charge on any atom is -0.460 e. The molecule has 112 valence electrons. The van der Waals surface area contributed by atoms with Crippen LogP contribution in [0.2, 0.25) is 5.02 Å². The monoisotopic (exact) mass is 315 g/mol. The molecule has 3 rings (SSSR count). The molecule has 0 saturated carbocycles. The molecule has 0 radical (unpaired) electrons. The number of carbonyl (C=O) groups is 1. The normalized spacial score (nSPS) is 10.6. The number of carbonyl (C=O) groups excluding carboxylic acids is 1. The molecule has 2 N–H and O–H groups in total. The number of hydrogen-bond donors (Lipinski definition) is 2. The van der Waals surface area contributed by atoms with Gasteiger partial charge in [-0.05, 0) is 25.1 Å². The van der Waals surface area contributed by atoms with Gasteiger partial charge in [-0.2, -0.15) is 0 Å². The van der Waals surface area contributed by atoms with Crippen LogP contribution in [0.5, 0.6) is 0 Å². The van der Waals surface area contributed by atoms with Crippen molar-refractivity contribution in [2.24, 2.45) is 0 Å². The molecule has 1 amide bonds. The number of H-pyrrole nitrogens is 1. The van der Waals surface area contributed by atoms with Gasteiger partial charge in [-0.1, -0.05) is 23.7 Å². The maximum Gasteiger partial charge on any atom is 0.255 e. The highest BCUT2D eigenvalue weighted by Gasteiger charge is 2.17. The van der Waals surface area contributed by atoms with E-state index in [9.17, 15) is 4.79 Å². The first kappa shape index (κ1) is 14.4. The van der Waals surface area contributed by atoms with Crippen LogP contribution in [0.4, 0.5) is 0 Å². The van der Waals surface area contributed by atoms with E-state index < -0.39 is 0 Å². The largest absolute Gasteiger partial charge is 0.460 e. The van der Waals surface area contributed by atoms with Crippen LogP contribution < -0.4 is 5.32 Å². The van der Waals surface area contributed by atoms with Gasteiger partial charge in [0, 0.05) is 18.0 Å². The summed E-state index contributed by atoms with van der Waals surface area (Å²) in [7, 11) is 0. The summed E-state index contributed by atoms with van der Waals surface area (Å²) in [5.41, 5.74) is 1.25. The number of hydrogen-bond acceptors (Lipinski definition) is 3. The van der Waals surface area contributed by atoms with E-state index in [1.165, 1.54) is 0 Å². The number of halogens is 1. The SMILES string of the molecule is Cc1oc(-c2ccccc2Cl)cc1C(=O)NCc1ncc[nH]1. The highest BCUT2D eigenvalue weighted by Crippen LogP contribution is 2.30. The maximum absolute atomic E-state index is 12.2. The first-order valence-electron chi connectivity index (χ1n) is 6.77. The molecule has 5 nitrogen and oxygen atoms in total. The molecule has 0 saturated heterocycles. The van der Waals surface area contributed by atoms with E-state index in [1.54, 1.807) is 31.5 Å². The summed E-state index contributed by atoms with van der Waals surface area (Å²) in [5, 5.41) is 3.38. The summed E-state index contributed by atoms with van der Waals surface area (Å²) in [6.45, 7) is 2.08. The lowest BCUT2D eigenvalue weighted by molar-refractivity contribution is 0.0948. The van der Waals surface area contributed by atoms with Crippen LogP contribution in [-0.4, -0.2) is 15.9 Å². The van der Waals surface area contributed by atoms with Gasteiger partial charge in [-0.15, -0.1) is 0 Å². The summed E-state index contributed by atoms with van der Waals surface area (Å²) in [6.07, 6.45) is 3.35. The van der Waals surface area contributed by atoms with Crippen LogP contribution in [0.25, 0.3) is 11.3 Å². The van der Waals surface area contributed by atoms with Gasteiger partial charge in [0.15, 0.2) is 0 Å². The third-order valence-corrected chi connectivity index (χ3v) is 3.60. The van der Waals surface area contributed by atoms with Gasteiger partial charge in [0.1, 0.15) is 17.3 Å². The minimum absolute atomic E-state index is 0.212. The molecule has 0 bridgehead atoms. The number of amides is 1. The van der Waals surface area contributed by atoms with Crippen LogP contribution in [0, 0.1) is 6.92 Å². The second-order valence-electron chi connectivity index (χ2n) is 4.78. The van der Waals surface area contributed by atoms with Crippen molar-refractivity contribution < 1.29 is 9.21 Å². The number of rotatable bonds is 4. The number of imidazole rings is 1. The molecule has 0 aliphatic rings. The molecule has 1 aromatic carbocycles. The van der Waals surface area contributed by atoms with Crippen molar-refractivity contribution in [2.45, 2.75) is 13.5 Å². The Hall–Kier alpha value is -2.53. The minimum atomic E-state index is -0.212. The number of furan rings is 1. The zero-order valence-electron chi connectivity index (χ0n) is 11.9. The second-order valence-corrected chi connectivity index (χ2v) is 5.19. The van der Waals surface area contributed by atoms with E-state index in [2.05, 4.69) is 15.3 Å². The molecule has 22 heavy (non-hydrogen) atoms. The van der Waals surface area contributed by atoms with E-state index in [0.29, 0.717) is 34.5 Å². The fraction of sp³-hybridized carbons (Fsp3) is 0.125. The highest BCUT2D eigenvalue weighted by molar-refractivity contribution is 6.33.